The normalized spacial score (nSPS) is 11.3. The highest BCUT2D eigenvalue weighted by molar-refractivity contribution is 5.89. The molecular weight excluding hydrogens is 312 g/mol. The average Bonchev–Trinajstić information content (AvgIpc) is 2.51. The number of aromatic amines is 1. The molecule has 8 heteroatoms. The maximum Gasteiger partial charge on any atom is 0.304 e. The molecule has 128 valence electrons. The van der Waals surface area contributed by atoms with E-state index in [0.29, 0.717) is 15.6 Å². The molecule has 0 unspecified atom stereocenters. The molecule has 0 atom stereocenters. The average molecular weight is 333 g/mol. The number of aromatic hydroxyl groups is 1. The van der Waals surface area contributed by atoms with Gasteiger partial charge in [0.1, 0.15) is 11.9 Å². The largest absolute Gasteiger partial charge is 0.618 e. The summed E-state index contributed by atoms with van der Waals surface area (Å²) in [5.74, 6) is -0.486. The van der Waals surface area contributed by atoms with Crippen molar-refractivity contribution in [2.45, 2.75) is 0 Å². The maximum absolute atomic E-state index is 12.0. The van der Waals surface area contributed by atoms with Crippen LogP contribution in [-0.4, -0.2) is 59.2 Å². The van der Waals surface area contributed by atoms with Gasteiger partial charge in [0.05, 0.1) is 27.7 Å². The second kappa shape index (κ2) is 6.81. The van der Waals surface area contributed by atoms with Crippen LogP contribution in [0.1, 0.15) is 0 Å². The number of rotatable bonds is 2. The molecule has 0 saturated heterocycles. The lowest BCUT2D eigenvalue weighted by molar-refractivity contribution is -0.870. The van der Waals surface area contributed by atoms with E-state index in [-0.39, 0.29) is 17.5 Å². The van der Waals surface area contributed by atoms with Gasteiger partial charge in [-0.25, -0.2) is 5.10 Å². The number of likely N-dealkylation sites (N-methyl/N-ethyl adjacent to an activating group) is 1. The molecular formula is C16H21N4O4+. The summed E-state index contributed by atoms with van der Waals surface area (Å²) in [6.45, 7) is 1.11. The minimum atomic E-state index is -0.506. The van der Waals surface area contributed by atoms with Crippen molar-refractivity contribution in [3.8, 4) is 5.88 Å². The fourth-order valence-electron chi connectivity index (χ4n) is 2.15. The van der Waals surface area contributed by atoms with Gasteiger partial charge in [-0.1, -0.05) is 12.1 Å². The smallest absolute Gasteiger partial charge is 0.304 e. The van der Waals surface area contributed by atoms with Crippen LogP contribution in [0.5, 0.6) is 5.88 Å². The number of hydrogen-bond acceptors (Lipinski definition) is 5. The molecule has 24 heavy (non-hydrogen) atoms. The number of pyridine rings is 1. The van der Waals surface area contributed by atoms with Crippen molar-refractivity contribution in [3.05, 3.63) is 45.9 Å². The Bertz CT molecular complexity index is 915. The van der Waals surface area contributed by atoms with Crippen LogP contribution in [0.4, 0.5) is 0 Å². The molecule has 0 bridgehead atoms. The summed E-state index contributed by atoms with van der Waals surface area (Å²) in [5.41, 5.74) is -0.247. The highest BCUT2D eigenvalue weighted by Crippen LogP contribution is 2.19. The molecule has 0 aliphatic rings. The van der Waals surface area contributed by atoms with Gasteiger partial charge < -0.3 is 19.9 Å². The number of aliphatic hydroxyl groups excluding tert-OH is 1. The van der Waals surface area contributed by atoms with Crippen LogP contribution in [0.15, 0.2) is 35.1 Å². The van der Waals surface area contributed by atoms with Crippen LogP contribution in [0.25, 0.3) is 21.8 Å². The molecule has 1 aromatic carbocycles. The lowest BCUT2D eigenvalue weighted by Gasteiger charge is -2.21. The summed E-state index contributed by atoms with van der Waals surface area (Å²) in [6.07, 6.45) is 0. The molecule has 3 rings (SSSR count). The number of quaternary nitrogens is 1. The Morgan fingerprint density at radius 3 is 2.54 bits per heavy atom. The summed E-state index contributed by atoms with van der Waals surface area (Å²) < 4.78 is 1.36. The third-order valence-electron chi connectivity index (χ3n) is 3.40. The summed E-state index contributed by atoms with van der Waals surface area (Å²) in [6, 6.07) is 8.37. The fraction of sp³-hybridized carbons (Fsp3) is 0.312. The molecule has 3 N–H and O–H groups in total. The number of aromatic nitrogens is 3. The lowest BCUT2D eigenvalue weighted by atomic mass is 10.1. The summed E-state index contributed by atoms with van der Waals surface area (Å²) in [5, 5.41) is 36.2. The molecule has 0 fully saturated rings. The van der Waals surface area contributed by atoms with Crippen molar-refractivity contribution in [1.82, 2.24) is 10.2 Å². The molecule has 2 aromatic heterocycles. The van der Waals surface area contributed by atoms with Gasteiger partial charge in [-0.2, -0.15) is 4.73 Å². The quantitative estimate of drug-likeness (QED) is 0.266. The molecule has 3 aromatic rings. The number of para-hydroxylation sites is 1. The van der Waals surface area contributed by atoms with E-state index in [4.69, 9.17) is 5.11 Å². The SMILES string of the molecule is C[N+](C)(C)CCO.O=c1[nH]nc(O)c2c1cc1ccccc1[n+]2[O-]. The van der Waals surface area contributed by atoms with Crippen molar-refractivity contribution in [2.75, 3.05) is 34.3 Å². The second-order valence-electron chi connectivity index (χ2n) is 6.37. The Morgan fingerprint density at radius 1 is 1.29 bits per heavy atom. The Morgan fingerprint density at radius 2 is 1.96 bits per heavy atom. The zero-order valence-corrected chi connectivity index (χ0v) is 13.9. The van der Waals surface area contributed by atoms with E-state index in [1.165, 1.54) is 0 Å². The van der Waals surface area contributed by atoms with E-state index in [2.05, 4.69) is 31.3 Å². The predicted molar refractivity (Wildman–Crippen MR) is 90.5 cm³/mol. The minimum absolute atomic E-state index is 0.117. The third-order valence-corrected chi connectivity index (χ3v) is 3.40. The van der Waals surface area contributed by atoms with Crippen molar-refractivity contribution in [1.29, 1.82) is 0 Å². The van der Waals surface area contributed by atoms with Crippen molar-refractivity contribution < 1.29 is 19.4 Å². The molecule has 0 radical (unpaired) electrons. The first kappa shape index (κ1) is 17.6. The van der Waals surface area contributed by atoms with Crippen LogP contribution in [0, 0.1) is 5.21 Å². The van der Waals surface area contributed by atoms with E-state index in [1.54, 1.807) is 30.3 Å². The Hall–Kier alpha value is -2.71. The number of aliphatic hydroxyl groups is 1. The first-order chi connectivity index (χ1) is 11.2. The number of H-pyrrole nitrogens is 1. The molecule has 0 aliphatic heterocycles. The maximum atomic E-state index is 12.0. The lowest BCUT2D eigenvalue weighted by Crippen LogP contribution is -2.36. The van der Waals surface area contributed by atoms with Gasteiger partial charge in [0.2, 0.25) is 5.52 Å². The van der Waals surface area contributed by atoms with E-state index in [0.717, 1.165) is 11.0 Å². The number of nitrogens with zero attached hydrogens (tertiary/aromatic N) is 3. The third kappa shape index (κ3) is 3.79. The van der Waals surface area contributed by atoms with Crippen LogP contribution < -0.4 is 10.3 Å². The van der Waals surface area contributed by atoms with Gasteiger partial charge in [-0.15, -0.1) is 5.10 Å². The standard InChI is InChI=1S/C11H7N3O3.C5H14NO/c15-10-7-5-6-3-1-2-4-8(6)14(17)9(7)11(16)13-12-10;1-6(2,3)4-5-7/h1-5H,(H,12,15)(H,13,16);7H,4-5H2,1-3H3/q;+1. The zero-order valence-electron chi connectivity index (χ0n) is 13.9. The summed E-state index contributed by atoms with van der Waals surface area (Å²) in [4.78, 5) is 11.5. The van der Waals surface area contributed by atoms with Gasteiger partial charge in [-0.05, 0) is 12.1 Å². The minimum Gasteiger partial charge on any atom is -0.618 e. The predicted octanol–water partition coefficient (Wildman–Crippen LogP) is 0.100. The summed E-state index contributed by atoms with van der Waals surface area (Å²) in [7, 11) is 6.16. The number of benzene rings is 1. The highest BCUT2D eigenvalue weighted by atomic mass is 16.5. The van der Waals surface area contributed by atoms with Crippen LogP contribution in [0.3, 0.4) is 0 Å². The first-order valence-corrected chi connectivity index (χ1v) is 7.38. The van der Waals surface area contributed by atoms with E-state index >= 15 is 0 Å². The van der Waals surface area contributed by atoms with Gasteiger partial charge in [-0.3, -0.25) is 4.79 Å². The summed E-state index contributed by atoms with van der Waals surface area (Å²) >= 11 is 0. The zero-order chi connectivity index (χ0) is 17.9. The molecule has 0 amide bonds. The van der Waals surface area contributed by atoms with E-state index in [1.807, 2.05) is 0 Å². The van der Waals surface area contributed by atoms with Crippen molar-refractivity contribution in [3.63, 3.8) is 0 Å². The molecule has 0 spiro atoms. The van der Waals surface area contributed by atoms with Gasteiger partial charge >= 0.3 is 5.88 Å². The second-order valence-corrected chi connectivity index (χ2v) is 6.37. The fourth-order valence-corrected chi connectivity index (χ4v) is 2.15. The van der Waals surface area contributed by atoms with Crippen LogP contribution in [0.2, 0.25) is 0 Å². The number of fused-ring (bicyclic) bond motifs is 2. The van der Waals surface area contributed by atoms with Gasteiger partial charge in [0.25, 0.3) is 11.1 Å². The first-order valence-electron chi connectivity index (χ1n) is 7.38. The molecule has 8 nitrogen and oxygen atoms in total. The van der Waals surface area contributed by atoms with Gasteiger partial charge in [0.15, 0.2) is 0 Å². The van der Waals surface area contributed by atoms with E-state index in [9.17, 15) is 15.1 Å². The van der Waals surface area contributed by atoms with Crippen molar-refractivity contribution >= 4 is 21.8 Å². The van der Waals surface area contributed by atoms with Crippen LogP contribution in [-0.2, 0) is 0 Å². The Labute approximate surface area is 138 Å². The Kier molecular flexibility index (Phi) is 5.01. The molecule has 2 heterocycles. The van der Waals surface area contributed by atoms with Gasteiger partial charge in [0, 0.05) is 11.5 Å². The number of nitrogens with one attached hydrogen (secondary N) is 1. The monoisotopic (exact) mass is 333 g/mol. The molecule has 0 aliphatic carbocycles. The number of hydrogen-bond donors (Lipinski definition) is 3. The van der Waals surface area contributed by atoms with Crippen LogP contribution >= 0.6 is 0 Å². The topological polar surface area (TPSA) is 113 Å². The highest BCUT2D eigenvalue weighted by Gasteiger charge is 2.17. The molecule has 0 saturated carbocycles. The van der Waals surface area contributed by atoms with E-state index < -0.39 is 11.4 Å². The Balaban J connectivity index is 0.000000256. The van der Waals surface area contributed by atoms with Crippen molar-refractivity contribution in [2.24, 2.45) is 0 Å².